The molecule has 0 saturated heterocycles. The quantitative estimate of drug-likeness (QED) is 0.349. The molecule has 180 valence electrons. The molecule has 0 spiro atoms. The first-order valence-corrected chi connectivity index (χ1v) is 11.6. The molecular weight excluding hydrogens is 438 g/mol. The number of hydrogen-bond donors (Lipinski definition) is 1. The van der Waals surface area contributed by atoms with Crippen molar-refractivity contribution >= 4 is 0 Å². The summed E-state index contributed by atoms with van der Waals surface area (Å²) in [6, 6.07) is 21.5. The smallest absolute Gasteiger partial charge is 0.124 e. The molecule has 7 heteroatoms. The van der Waals surface area contributed by atoms with Gasteiger partial charge in [-0.3, -0.25) is 24.8 Å². The van der Waals surface area contributed by atoms with Gasteiger partial charge in [0.2, 0.25) is 0 Å². The van der Waals surface area contributed by atoms with Crippen molar-refractivity contribution < 1.29 is 9.84 Å². The van der Waals surface area contributed by atoms with Gasteiger partial charge >= 0.3 is 0 Å². The second-order valence-electron chi connectivity index (χ2n) is 8.57. The SMILES string of the molecule is COc1cc(CN(C)Cc2ccccn2)c(O)c(CN(Cc2ccccn2)Cc2ccccn2)c1. The average Bonchev–Trinajstić information content (AvgIpc) is 2.88. The van der Waals surface area contributed by atoms with Crippen molar-refractivity contribution in [2.45, 2.75) is 32.7 Å². The van der Waals surface area contributed by atoms with E-state index in [9.17, 15) is 5.11 Å². The minimum atomic E-state index is 0.283. The van der Waals surface area contributed by atoms with Crippen molar-refractivity contribution in [3.8, 4) is 11.5 Å². The molecule has 0 aliphatic carbocycles. The fourth-order valence-electron chi connectivity index (χ4n) is 4.05. The molecule has 7 nitrogen and oxygen atoms in total. The summed E-state index contributed by atoms with van der Waals surface area (Å²) in [5, 5.41) is 11.2. The third-order valence-electron chi connectivity index (χ3n) is 5.69. The largest absolute Gasteiger partial charge is 0.507 e. The van der Waals surface area contributed by atoms with Crippen LogP contribution in [0.15, 0.2) is 85.3 Å². The van der Waals surface area contributed by atoms with E-state index in [1.54, 1.807) is 25.7 Å². The Morgan fingerprint density at radius 2 is 1.17 bits per heavy atom. The lowest BCUT2D eigenvalue weighted by atomic mass is 10.1. The Morgan fingerprint density at radius 1 is 0.686 bits per heavy atom. The summed E-state index contributed by atoms with van der Waals surface area (Å²) in [6.07, 6.45) is 5.39. The van der Waals surface area contributed by atoms with Gasteiger partial charge in [0.05, 0.1) is 24.2 Å². The molecule has 0 aliphatic heterocycles. The Kier molecular flexibility index (Phi) is 8.38. The number of benzene rings is 1. The van der Waals surface area contributed by atoms with Crippen LogP contribution in [0.4, 0.5) is 0 Å². The highest BCUT2D eigenvalue weighted by atomic mass is 16.5. The van der Waals surface area contributed by atoms with Crippen molar-refractivity contribution in [2.24, 2.45) is 0 Å². The van der Waals surface area contributed by atoms with Gasteiger partial charge < -0.3 is 9.84 Å². The Hall–Kier alpha value is -3.81. The van der Waals surface area contributed by atoms with E-state index in [0.29, 0.717) is 32.7 Å². The maximum absolute atomic E-state index is 11.2. The number of phenols is 1. The van der Waals surface area contributed by atoms with E-state index in [0.717, 1.165) is 34.0 Å². The van der Waals surface area contributed by atoms with Gasteiger partial charge in [-0.25, -0.2) is 0 Å². The topological polar surface area (TPSA) is 74.6 Å². The zero-order chi connectivity index (χ0) is 24.5. The molecule has 4 rings (SSSR count). The van der Waals surface area contributed by atoms with Gasteiger partial charge in [-0.05, 0) is 55.6 Å². The summed E-state index contributed by atoms with van der Waals surface area (Å²) in [7, 11) is 3.67. The molecule has 0 aliphatic rings. The maximum Gasteiger partial charge on any atom is 0.124 e. The van der Waals surface area contributed by atoms with Crippen molar-refractivity contribution in [1.82, 2.24) is 24.8 Å². The van der Waals surface area contributed by atoms with E-state index in [2.05, 4.69) is 24.8 Å². The highest BCUT2D eigenvalue weighted by Gasteiger charge is 2.17. The lowest BCUT2D eigenvalue weighted by Crippen LogP contribution is -2.24. The van der Waals surface area contributed by atoms with Gasteiger partial charge in [-0.1, -0.05) is 18.2 Å². The lowest BCUT2D eigenvalue weighted by molar-refractivity contribution is 0.237. The van der Waals surface area contributed by atoms with Gasteiger partial charge in [-0.15, -0.1) is 0 Å². The van der Waals surface area contributed by atoms with Crippen molar-refractivity contribution in [1.29, 1.82) is 0 Å². The fraction of sp³-hybridized carbons (Fsp3) is 0.250. The molecule has 35 heavy (non-hydrogen) atoms. The van der Waals surface area contributed by atoms with Crippen LogP contribution in [-0.4, -0.2) is 44.0 Å². The van der Waals surface area contributed by atoms with E-state index in [4.69, 9.17) is 4.74 Å². The van der Waals surface area contributed by atoms with Crippen molar-refractivity contribution in [3.05, 3.63) is 114 Å². The standard InChI is InChI=1S/C28H31N5O2/c1-32(19-24-9-3-6-12-29-24)17-22-15-27(35-2)16-23(28(22)34)18-33(20-25-10-4-7-13-30-25)21-26-11-5-8-14-31-26/h3-16,34H,17-21H2,1-2H3. The van der Waals surface area contributed by atoms with Gasteiger partial charge in [0.1, 0.15) is 11.5 Å². The van der Waals surface area contributed by atoms with Gasteiger partial charge in [0.25, 0.3) is 0 Å². The van der Waals surface area contributed by atoms with E-state index in [1.807, 2.05) is 73.8 Å². The summed E-state index contributed by atoms with van der Waals surface area (Å²) in [5.74, 6) is 1.00. The second-order valence-corrected chi connectivity index (χ2v) is 8.57. The number of aromatic hydroxyl groups is 1. The first kappa shape index (κ1) is 24.3. The van der Waals surface area contributed by atoms with Crippen LogP contribution in [0, 0.1) is 0 Å². The molecule has 0 unspecified atom stereocenters. The minimum absolute atomic E-state index is 0.283. The third-order valence-corrected chi connectivity index (χ3v) is 5.69. The van der Waals surface area contributed by atoms with E-state index < -0.39 is 0 Å². The fourth-order valence-corrected chi connectivity index (χ4v) is 4.05. The lowest BCUT2D eigenvalue weighted by Gasteiger charge is -2.24. The predicted molar refractivity (Wildman–Crippen MR) is 135 cm³/mol. The monoisotopic (exact) mass is 469 g/mol. The molecule has 0 fully saturated rings. The minimum Gasteiger partial charge on any atom is -0.507 e. The number of aromatic nitrogens is 3. The molecule has 0 saturated carbocycles. The molecular formula is C28H31N5O2. The number of nitrogens with zero attached hydrogens (tertiary/aromatic N) is 5. The first-order chi connectivity index (χ1) is 17.1. The molecule has 0 atom stereocenters. The van der Waals surface area contributed by atoms with E-state index in [-0.39, 0.29) is 5.75 Å². The molecule has 0 bridgehead atoms. The number of ether oxygens (including phenoxy) is 1. The molecule has 4 aromatic rings. The zero-order valence-electron chi connectivity index (χ0n) is 20.2. The summed E-state index contributed by atoms with van der Waals surface area (Å²) < 4.78 is 5.58. The number of methoxy groups -OCH3 is 1. The van der Waals surface area contributed by atoms with Crippen LogP contribution in [0.1, 0.15) is 28.2 Å². The van der Waals surface area contributed by atoms with Crippen LogP contribution in [0.3, 0.4) is 0 Å². The molecule has 0 radical (unpaired) electrons. The van der Waals surface area contributed by atoms with Crippen LogP contribution in [0.2, 0.25) is 0 Å². The van der Waals surface area contributed by atoms with Crippen LogP contribution in [-0.2, 0) is 32.7 Å². The molecule has 3 heterocycles. The summed E-state index contributed by atoms with van der Waals surface area (Å²) >= 11 is 0. The van der Waals surface area contributed by atoms with Gasteiger partial charge in [-0.2, -0.15) is 0 Å². The predicted octanol–water partition coefficient (Wildman–Crippen LogP) is 4.42. The third kappa shape index (κ3) is 7.09. The average molecular weight is 470 g/mol. The maximum atomic E-state index is 11.2. The Labute approximate surface area is 206 Å². The Bertz CT molecular complexity index is 1150. The van der Waals surface area contributed by atoms with E-state index in [1.165, 1.54) is 0 Å². The number of rotatable bonds is 11. The molecule has 3 aromatic heterocycles. The normalized spacial score (nSPS) is 11.2. The van der Waals surface area contributed by atoms with Crippen LogP contribution < -0.4 is 4.74 Å². The molecule has 1 N–H and O–H groups in total. The van der Waals surface area contributed by atoms with Crippen LogP contribution in [0.5, 0.6) is 11.5 Å². The first-order valence-electron chi connectivity index (χ1n) is 11.6. The highest BCUT2D eigenvalue weighted by Crippen LogP contribution is 2.31. The van der Waals surface area contributed by atoms with Crippen molar-refractivity contribution in [3.63, 3.8) is 0 Å². The second kappa shape index (κ2) is 12.1. The summed E-state index contributed by atoms with van der Waals surface area (Å²) in [6.45, 7) is 3.02. The summed E-state index contributed by atoms with van der Waals surface area (Å²) in [4.78, 5) is 17.7. The van der Waals surface area contributed by atoms with Gasteiger partial charge in [0.15, 0.2) is 0 Å². The highest BCUT2D eigenvalue weighted by molar-refractivity contribution is 5.46. The Balaban J connectivity index is 1.56. The number of pyridine rings is 3. The van der Waals surface area contributed by atoms with Crippen LogP contribution >= 0.6 is 0 Å². The molecule has 0 amide bonds. The Morgan fingerprint density at radius 3 is 1.63 bits per heavy atom. The van der Waals surface area contributed by atoms with Gasteiger partial charge in [0, 0.05) is 62.4 Å². The van der Waals surface area contributed by atoms with E-state index >= 15 is 0 Å². The van der Waals surface area contributed by atoms with Crippen molar-refractivity contribution in [2.75, 3.05) is 14.2 Å². The molecule has 1 aromatic carbocycles. The zero-order valence-corrected chi connectivity index (χ0v) is 20.2. The van der Waals surface area contributed by atoms with Crippen LogP contribution in [0.25, 0.3) is 0 Å². The number of hydrogen-bond acceptors (Lipinski definition) is 7. The number of phenolic OH excluding ortho intramolecular Hbond substituents is 1. The summed E-state index contributed by atoms with van der Waals surface area (Å²) in [5.41, 5.74) is 4.52.